The van der Waals surface area contributed by atoms with Crippen LogP contribution >= 0.6 is 0 Å². The number of fused-ring (bicyclic) bond motifs is 5. The zero-order chi connectivity index (χ0) is 38.4. The molecule has 11 aromatic rings. The van der Waals surface area contributed by atoms with Crippen molar-refractivity contribution in [2.45, 2.75) is 0 Å². The van der Waals surface area contributed by atoms with Gasteiger partial charge < -0.3 is 9.32 Å². The van der Waals surface area contributed by atoms with Crippen molar-refractivity contribution in [2.75, 3.05) is 4.90 Å². The molecule has 2 nitrogen and oxygen atoms in total. The summed E-state index contributed by atoms with van der Waals surface area (Å²) in [5.41, 5.74) is 14.4. The first-order chi connectivity index (χ1) is 28.8. The van der Waals surface area contributed by atoms with E-state index in [-0.39, 0.29) is 0 Å². The average molecular weight is 740 g/mol. The van der Waals surface area contributed by atoms with E-state index in [1.807, 2.05) is 12.1 Å². The largest absolute Gasteiger partial charge is 0.455 e. The Labute approximate surface area is 337 Å². The lowest BCUT2D eigenvalue weighted by Gasteiger charge is -2.29. The number of hydrogen-bond acceptors (Lipinski definition) is 2. The van der Waals surface area contributed by atoms with Crippen LogP contribution < -0.4 is 4.90 Å². The summed E-state index contributed by atoms with van der Waals surface area (Å²) >= 11 is 0. The normalized spacial score (nSPS) is 11.4. The van der Waals surface area contributed by atoms with E-state index in [0.717, 1.165) is 55.7 Å². The van der Waals surface area contributed by atoms with Crippen LogP contribution in [0.2, 0.25) is 0 Å². The molecule has 272 valence electrons. The Kier molecular flexibility index (Phi) is 8.19. The summed E-state index contributed by atoms with van der Waals surface area (Å²) in [6.07, 6.45) is 0. The highest BCUT2D eigenvalue weighted by molar-refractivity contribution is 6.10. The number of para-hydroxylation sites is 3. The van der Waals surface area contributed by atoms with Crippen LogP contribution in [0.5, 0.6) is 0 Å². The van der Waals surface area contributed by atoms with E-state index in [0.29, 0.717) is 0 Å². The van der Waals surface area contributed by atoms with E-state index >= 15 is 0 Å². The Balaban J connectivity index is 1.07. The summed E-state index contributed by atoms with van der Waals surface area (Å²) in [5, 5.41) is 7.22. The highest BCUT2D eigenvalue weighted by Crippen LogP contribution is 2.46. The third-order valence-corrected chi connectivity index (χ3v) is 11.5. The number of anilines is 3. The molecule has 58 heavy (non-hydrogen) atoms. The Morgan fingerprint density at radius 1 is 0.276 bits per heavy atom. The van der Waals surface area contributed by atoms with E-state index in [1.54, 1.807) is 0 Å². The molecule has 1 heterocycles. The number of rotatable bonds is 7. The third-order valence-electron chi connectivity index (χ3n) is 11.5. The second-order valence-corrected chi connectivity index (χ2v) is 14.8. The van der Waals surface area contributed by atoms with Gasteiger partial charge in [-0.2, -0.15) is 0 Å². The minimum atomic E-state index is 0.903. The molecule has 0 fully saturated rings. The van der Waals surface area contributed by atoms with E-state index in [4.69, 9.17) is 4.42 Å². The molecule has 0 aliphatic rings. The van der Waals surface area contributed by atoms with Crippen molar-refractivity contribution >= 4 is 60.5 Å². The molecule has 0 saturated carbocycles. The van der Waals surface area contributed by atoms with Gasteiger partial charge in [-0.1, -0.05) is 188 Å². The molecule has 0 radical (unpaired) electrons. The lowest BCUT2D eigenvalue weighted by Crippen LogP contribution is -2.11. The van der Waals surface area contributed by atoms with Gasteiger partial charge >= 0.3 is 0 Å². The van der Waals surface area contributed by atoms with Gasteiger partial charge in [-0.25, -0.2) is 0 Å². The highest BCUT2D eigenvalue weighted by Gasteiger charge is 2.21. The van der Waals surface area contributed by atoms with E-state index in [2.05, 4.69) is 217 Å². The minimum Gasteiger partial charge on any atom is -0.455 e. The summed E-state index contributed by atoms with van der Waals surface area (Å²) in [6.45, 7) is 0. The molecule has 0 unspecified atom stereocenters. The predicted octanol–water partition coefficient (Wildman–Crippen LogP) is 16.0. The number of benzene rings is 10. The quantitative estimate of drug-likeness (QED) is 0.162. The van der Waals surface area contributed by atoms with E-state index in [1.165, 1.54) is 49.4 Å². The molecule has 1 aromatic heterocycles. The minimum absolute atomic E-state index is 0.903. The molecule has 2 heteroatoms. The molecular weight excluding hydrogens is 703 g/mol. The van der Waals surface area contributed by atoms with Gasteiger partial charge in [0, 0.05) is 33.3 Å². The summed E-state index contributed by atoms with van der Waals surface area (Å²) in [4.78, 5) is 2.40. The third kappa shape index (κ3) is 5.74. The molecule has 0 amide bonds. The molecule has 10 aromatic carbocycles. The lowest BCUT2D eigenvalue weighted by atomic mass is 9.90. The zero-order valence-corrected chi connectivity index (χ0v) is 31.7. The molecular formula is C56H37NO. The van der Waals surface area contributed by atoms with Crippen molar-refractivity contribution in [1.82, 2.24) is 0 Å². The fraction of sp³-hybridized carbons (Fsp3) is 0. The van der Waals surface area contributed by atoms with Crippen molar-refractivity contribution < 1.29 is 4.42 Å². The van der Waals surface area contributed by atoms with Gasteiger partial charge in [0.15, 0.2) is 0 Å². The predicted molar refractivity (Wildman–Crippen MR) is 245 cm³/mol. The Bertz CT molecular complexity index is 3270. The first kappa shape index (κ1) is 33.6. The maximum absolute atomic E-state index is 6.46. The van der Waals surface area contributed by atoms with Gasteiger partial charge in [-0.15, -0.1) is 0 Å². The first-order valence-corrected chi connectivity index (χ1v) is 19.8. The van der Waals surface area contributed by atoms with Gasteiger partial charge in [0.1, 0.15) is 11.2 Å². The topological polar surface area (TPSA) is 16.4 Å². The van der Waals surface area contributed by atoms with Gasteiger partial charge in [0.25, 0.3) is 0 Å². The van der Waals surface area contributed by atoms with Gasteiger partial charge in [0.05, 0.1) is 5.69 Å². The maximum atomic E-state index is 6.46. The van der Waals surface area contributed by atoms with Gasteiger partial charge in [-0.05, 0) is 91.3 Å². The van der Waals surface area contributed by atoms with Gasteiger partial charge in [-0.3, -0.25) is 0 Å². The fourth-order valence-electron chi connectivity index (χ4n) is 8.77. The number of furan rings is 1. The van der Waals surface area contributed by atoms with Crippen LogP contribution in [0.25, 0.3) is 88.0 Å². The van der Waals surface area contributed by atoms with Crippen LogP contribution in [-0.2, 0) is 0 Å². The molecule has 0 N–H and O–H groups in total. The Hall–Kier alpha value is -7.68. The summed E-state index contributed by atoms with van der Waals surface area (Å²) in [6, 6.07) is 80.7. The number of hydrogen-bond donors (Lipinski definition) is 0. The Morgan fingerprint density at radius 2 is 0.707 bits per heavy atom. The monoisotopic (exact) mass is 739 g/mol. The van der Waals surface area contributed by atoms with E-state index in [9.17, 15) is 0 Å². The van der Waals surface area contributed by atoms with Gasteiger partial charge in [0.2, 0.25) is 0 Å². The molecule has 0 aliphatic heterocycles. The maximum Gasteiger partial charge on any atom is 0.143 e. The second-order valence-electron chi connectivity index (χ2n) is 14.8. The van der Waals surface area contributed by atoms with Crippen LogP contribution in [-0.4, -0.2) is 0 Å². The molecule has 11 rings (SSSR count). The lowest BCUT2D eigenvalue weighted by molar-refractivity contribution is 0.670. The molecule has 0 aliphatic carbocycles. The van der Waals surface area contributed by atoms with Crippen LogP contribution in [0.3, 0.4) is 0 Å². The summed E-state index contributed by atoms with van der Waals surface area (Å²) in [5.74, 6) is 0. The highest BCUT2D eigenvalue weighted by atomic mass is 16.3. The molecule has 0 atom stereocenters. The van der Waals surface area contributed by atoms with Crippen LogP contribution in [0.4, 0.5) is 17.1 Å². The Morgan fingerprint density at radius 3 is 1.40 bits per heavy atom. The molecule has 0 bridgehead atoms. The number of nitrogens with zero attached hydrogens (tertiary/aromatic N) is 1. The van der Waals surface area contributed by atoms with Crippen LogP contribution in [0.1, 0.15) is 0 Å². The summed E-state index contributed by atoms with van der Waals surface area (Å²) in [7, 11) is 0. The molecule has 0 saturated heterocycles. The van der Waals surface area contributed by atoms with E-state index < -0.39 is 0 Å². The average Bonchev–Trinajstić information content (AvgIpc) is 3.69. The van der Waals surface area contributed by atoms with Crippen molar-refractivity contribution in [3.05, 3.63) is 224 Å². The van der Waals surface area contributed by atoms with Crippen molar-refractivity contribution in [1.29, 1.82) is 0 Å². The van der Waals surface area contributed by atoms with Crippen LogP contribution in [0.15, 0.2) is 229 Å². The fourth-order valence-corrected chi connectivity index (χ4v) is 8.77. The smallest absolute Gasteiger partial charge is 0.143 e. The van der Waals surface area contributed by atoms with Crippen molar-refractivity contribution in [3.8, 4) is 44.5 Å². The second kappa shape index (κ2) is 14.1. The summed E-state index contributed by atoms with van der Waals surface area (Å²) < 4.78 is 6.46. The first-order valence-electron chi connectivity index (χ1n) is 19.8. The van der Waals surface area contributed by atoms with Crippen molar-refractivity contribution in [2.24, 2.45) is 0 Å². The van der Waals surface area contributed by atoms with Crippen LogP contribution in [0, 0.1) is 0 Å². The molecule has 0 spiro atoms. The van der Waals surface area contributed by atoms with Crippen molar-refractivity contribution in [3.63, 3.8) is 0 Å². The SMILES string of the molecule is c1ccc(-c2cccc3ccccc23)c(-c2ccccc2N(c2ccc(-c3cccc4ccccc34)cc2)c2ccc(-c3cccc4c3oc3ccccc34)cc2)c1. The standard InChI is InChI=1S/C56H37NO/c1-3-18-44-38(14-1)16-11-24-45(44)40-30-34-42(35-31-40)57(43-36-32-41(33-37-43)47-25-13-27-53-52-23-8-10-29-55(52)58-56(47)53)54-28-9-7-22-51(54)50-21-6-5-20-49(50)48-26-12-17-39-15-2-4-19-46(39)48/h1-37H. The zero-order valence-electron chi connectivity index (χ0n) is 31.7.